The molecule has 254 valence electrons. The minimum absolute atomic E-state index is 0.564. The maximum Gasteiger partial charge on any atom is 0.238 e. The van der Waals surface area contributed by atoms with Crippen LogP contribution in [0.15, 0.2) is 200 Å². The van der Waals surface area contributed by atoms with Crippen molar-refractivity contribution >= 4 is 49.6 Å². The molecular formula is C49H33N5. The fourth-order valence-electron chi connectivity index (χ4n) is 7.55. The monoisotopic (exact) mass is 691 g/mol. The van der Waals surface area contributed by atoms with E-state index in [1.807, 2.05) is 60.7 Å². The van der Waals surface area contributed by atoms with Gasteiger partial charge in [0.25, 0.3) is 0 Å². The molecule has 0 bridgehead atoms. The summed E-state index contributed by atoms with van der Waals surface area (Å²) in [6.45, 7) is 0. The highest BCUT2D eigenvalue weighted by molar-refractivity contribution is 6.24. The predicted molar refractivity (Wildman–Crippen MR) is 223 cm³/mol. The molecule has 10 rings (SSSR count). The van der Waals surface area contributed by atoms with Crippen LogP contribution in [0.5, 0.6) is 0 Å². The highest BCUT2D eigenvalue weighted by Gasteiger charge is 2.23. The zero-order valence-corrected chi connectivity index (χ0v) is 29.3. The van der Waals surface area contributed by atoms with E-state index >= 15 is 0 Å². The SMILES string of the molecule is c1ccc(-c2ccc(N(c3ccccc3)c3cc4c(c5ccccc35)c3ccccc3n4-c3nc(-c4ccccc4)nc(-c4ccccc4)n3)cc2)cc1. The van der Waals surface area contributed by atoms with Gasteiger partial charge in [-0.25, -0.2) is 4.98 Å². The normalized spacial score (nSPS) is 11.3. The molecule has 0 N–H and O–H groups in total. The second kappa shape index (κ2) is 13.3. The summed E-state index contributed by atoms with van der Waals surface area (Å²) in [6.07, 6.45) is 0. The van der Waals surface area contributed by atoms with Gasteiger partial charge in [0.2, 0.25) is 5.95 Å². The van der Waals surface area contributed by atoms with Crippen LogP contribution in [-0.4, -0.2) is 19.5 Å². The van der Waals surface area contributed by atoms with E-state index in [-0.39, 0.29) is 0 Å². The van der Waals surface area contributed by atoms with Gasteiger partial charge in [-0.3, -0.25) is 4.57 Å². The Labute approximate surface area is 313 Å². The van der Waals surface area contributed by atoms with Crippen molar-refractivity contribution in [2.24, 2.45) is 0 Å². The minimum atomic E-state index is 0.564. The average Bonchev–Trinajstić information content (AvgIpc) is 3.59. The Bertz CT molecular complexity index is 2850. The molecule has 2 aromatic heterocycles. The smallest absolute Gasteiger partial charge is 0.238 e. The van der Waals surface area contributed by atoms with Gasteiger partial charge in [0.05, 0.1) is 16.7 Å². The van der Waals surface area contributed by atoms with Crippen molar-refractivity contribution in [2.75, 3.05) is 4.90 Å². The highest BCUT2D eigenvalue weighted by Crippen LogP contribution is 2.45. The van der Waals surface area contributed by atoms with Gasteiger partial charge in [0.15, 0.2) is 11.6 Å². The lowest BCUT2D eigenvalue weighted by molar-refractivity contribution is 0.953. The van der Waals surface area contributed by atoms with Gasteiger partial charge in [-0.2, -0.15) is 9.97 Å². The molecule has 10 aromatic rings. The summed E-state index contributed by atoms with van der Waals surface area (Å²) in [6, 6.07) is 69.8. The average molecular weight is 692 g/mol. The zero-order valence-electron chi connectivity index (χ0n) is 29.3. The summed E-state index contributed by atoms with van der Waals surface area (Å²) in [7, 11) is 0. The summed E-state index contributed by atoms with van der Waals surface area (Å²) < 4.78 is 2.21. The van der Waals surface area contributed by atoms with E-state index in [0.29, 0.717) is 17.6 Å². The largest absolute Gasteiger partial charge is 0.310 e. The van der Waals surface area contributed by atoms with Crippen LogP contribution in [0.4, 0.5) is 17.1 Å². The highest BCUT2D eigenvalue weighted by atomic mass is 15.2. The molecule has 0 saturated heterocycles. The molecule has 2 heterocycles. The topological polar surface area (TPSA) is 46.8 Å². The van der Waals surface area contributed by atoms with Crippen molar-refractivity contribution in [1.82, 2.24) is 19.5 Å². The van der Waals surface area contributed by atoms with Crippen molar-refractivity contribution in [2.45, 2.75) is 0 Å². The summed E-state index contributed by atoms with van der Waals surface area (Å²) in [5.41, 5.74) is 9.44. The van der Waals surface area contributed by atoms with Crippen LogP contribution in [0.25, 0.3) is 72.4 Å². The van der Waals surface area contributed by atoms with Gasteiger partial charge < -0.3 is 4.90 Å². The number of aromatic nitrogens is 4. The van der Waals surface area contributed by atoms with Crippen LogP contribution in [0, 0.1) is 0 Å². The van der Waals surface area contributed by atoms with Crippen molar-refractivity contribution in [3.8, 4) is 39.9 Å². The molecule has 8 aromatic carbocycles. The molecule has 0 amide bonds. The molecule has 0 spiro atoms. The van der Waals surface area contributed by atoms with Crippen LogP contribution in [0.2, 0.25) is 0 Å². The lowest BCUT2D eigenvalue weighted by Crippen LogP contribution is -2.11. The van der Waals surface area contributed by atoms with Crippen LogP contribution in [0.1, 0.15) is 0 Å². The number of rotatable bonds is 7. The quantitative estimate of drug-likeness (QED) is 0.167. The lowest BCUT2D eigenvalue weighted by Gasteiger charge is -2.27. The van der Waals surface area contributed by atoms with Gasteiger partial charge in [0.1, 0.15) is 0 Å². The third-order valence-corrected chi connectivity index (χ3v) is 10.0. The van der Waals surface area contributed by atoms with E-state index in [9.17, 15) is 0 Å². The van der Waals surface area contributed by atoms with Gasteiger partial charge in [0, 0.05) is 38.7 Å². The third-order valence-electron chi connectivity index (χ3n) is 10.0. The van der Waals surface area contributed by atoms with E-state index in [1.54, 1.807) is 0 Å². The molecule has 0 aliphatic carbocycles. The van der Waals surface area contributed by atoms with E-state index in [4.69, 9.17) is 15.0 Å². The zero-order chi connectivity index (χ0) is 35.8. The van der Waals surface area contributed by atoms with Crippen LogP contribution in [-0.2, 0) is 0 Å². The third kappa shape index (κ3) is 5.47. The van der Waals surface area contributed by atoms with Gasteiger partial charge in [-0.15, -0.1) is 0 Å². The Kier molecular flexibility index (Phi) is 7.73. The van der Waals surface area contributed by atoms with Gasteiger partial charge >= 0.3 is 0 Å². The van der Waals surface area contributed by atoms with Crippen LogP contribution < -0.4 is 4.90 Å². The van der Waals surface area contributed by atoms with Gasteiger partial charge in [-0.1, -0.05) is 164 Å². The first-order chi connectivity index (χ1) is 26.8. The number of anilines is 3. The molecule has 0 atom stereocenters. The van der Waals surface area contributed by atoms with E-state index in [1.165, 1.54) is 11.1 Å². The molecular weight excluding hydrogens is 659 g/mol. The number of hydrogen-bond donors (Lipinski definition) is 0. The molecule has 0 saturated carbocycles. The Morgan fingerprint density at radius 3 is 1.43 bits per heavy atom. The first-order valence-corrected chi connectivity index (χ1v) is 18.1. The van der Waals surface area contributed by atoms with Crippen LogP contribution >= 0.6 is 0 Å². The standard InChI is InChI=1S/C49H33N5/c1-5-17-34(18-6-1)35-29-31-39(32-30-35)53(38-23-11-4-12-24-38)44-33-45-46(41-26-14-13-25-40(41)44)42-27-15-16-28-43(42)54(45)49-51-47(36-19-7-2-8-20-36)50-48(52-49)37-21-9-3-10-22-37/h1-33H. The molecule has 0 fully saturated rings. The van der Waals surface area contributed by atoms with Crippen molar-refractivity contribution < 1.29 is 0 Å². The number of fused-ring (bicyclic) bond motifs is 5. The molecule has 0 aliphatic rings. The summed E-state index contributed by atoms with van der Waals surface area (Å²) >= 11 is 0. The Hall–Kier alpha value is -7.37. The molecule has 54 heavy (non-hydrogen) atoms. The predicted octanol–water partition coefficient (Wildman–Crippen LogP) is 12.6. The Balaban J connectivity index is 1.27. The van der Waals surface area contributed by atoms with Crippen molar-refractivity contribution in [1.29, 1.82) is 0 Å². The lowest BCUT2D eigenvalue weighted by atomic mass is 10.00. The summed E-state index contributed by atoms with van der Waals surface area (Å²) in [5, 5.41) is 4.59. The fourth-order valence-corrected chi connectivity index (χ4v) is 7.55. The number of nitrogens with zero attached hydrogens (tertiary/aromatic N) is 5. The summed E-state index contributed by atoms with van der Waals surface area (Å²) in [4.78, 5) is 17.8. The second-order valence-electron chi connectivity index (χ2n) is 13.3. The molecule has 0 unspecified atom stereocenters. The van der Waals surface area contributed by atoms with E-state index in [2.05, 4.69) is 149 Å². The Morgan fingerprint density at radius 1 is 0.352 bits per heavy atom. The molecule has 5 heteroatoms. The summed E-state index contributed by atoms with van der Waals surface area (Å²) in [5.74, 6) is 1.81. The number of benzene rings is 8. The first-order valence-electron chi connectivity index (χ1n) is 18.1. The van der Waals surface area contributed by atoms with Crippen LogP contribution in [0.3, 0.4) is 0 Å². The fraction of sp³-hybridized carbons (Fsp3) is 0. The first kappa shape index (κ1) is 31.4. The van der Waals surface area contributed by atoms with Gasteiger partial charge in [-0.05, 0) is 52.9 Å². The maximum absolute atomic E-state index is 5.21. The molecule has 0 radical (unpaired) electrons. The second-order valence-corrected chi connectivity index (χ2v) is 13.3. The van der Waals surface area contributed by atoms with Crippen molar-refractivity contribution in [3.63, 3.8) is 0 Å². The van der Waals surface area contributed by atoms with E-state index < -0.39 is 0 Å². The number of hydrogen-bond acceptors (Lipinski definition) is 4. The number of para-hydroxylation sites is 2. The molecule has 0 aliphatic heterocycles. The van der Waals surface area contributed by atoms with E-state index in [0.717, 1.165) is 60.8 Å². The molecule has 5 nitrogen and oxygen atoms in total. The van der Waals surface area contributed by atoms with Crippen molar-refractivity contribution in [3.05, 3.63) is 200 Å². The maximum atomic E-state index is 5.21. The Morgan fingerprint density at radius 2 is 0.815 bits per heavy atom. The minimum Gasteiger partial charge on any atom is -0.310 e.